The molecule has 1 aliphatic carbocycles. The molecule has 0 spiro atoms. The third-order valence-corrected chi connectivity index (χ3v) is 3.85. The summed E-state index contributed by atoms with van der Waals surface area (Å²) in [6.07, 6.45) is 8.87. The molecule has 0 unspecified atom stereocenters. The molecule has 2 aromatic rings. The van der Waals surface area contributed by atoms with Crippen LogP contribution in [0.3, 0.4) is 0 Å². The summed E-state index contributed by atoms with van der Waals surface area (Å²) in [5.74, 6) is 1.31. The lowest BCUT2D eigenvalue weighted by atomic mass is 9.89. The van der Waals surface area contributed by atoms with Crippen LogP contribution in [-0.2, 0) is 12.8 Å². The number of nitrogen functional groups attached to an aromatic ring is 1. The topological polar surface area (TPSA) is 72.0 Å². The van der Waals surface area contributed by atoms with Gasteiger partial charge in [-0.3, -0.25) is 0 Å². The summed E-state index contributed by atoms with van der Waals surface area (Å²) in [4.78, 5) is 0. The molecule has 0 aliphatic heterocycles. The number of rotatable bonds is 1. The van der Waals surface area contributed by atoms with Gasteiger partial charge in [0.05, 0.1) is 5.56 Å². The minimum Gasteiger partial charge on any atom is -0.504 e. The van der Waals surface area contributed by atoms with Crippen molar-refractivity contribution in [3.8, 4) is 29.4 Å². The lowest BCUT2D eigenvalue weighted by Crippen LogP contribution is -2.12. The zero-order valence-electron chi connectivity index (χ0n) is 11.4. The highest BCUT2D eigenvalue weighted by molar-refractivity contribution is 5.73. The molecule has 0 atom stereocenters. The van der Waals surface area contributed by atoms with E-state index in [0.29, 0.717) is 17.1 Å². The number of hydrogen-bond donors (Lipinski definition) is 2. The molecule has 0 fully saturated rings. The first-order valence-corrected chi connectivity index (χ1v) is 6.75. The number of nitrogens with two attached hydrogens (primary N) is 1. The molecule has 0 saturated carbocycles. The number of phenolic OH excluding ortho intramolecular Hbond substituents is 1. The zero-order chi connectivity index (χ0) is 15.0. The highest BCUT2D eigenvalue weighted by Gasteiger charge is 2.22. The molecule has 3 rings (SSSR count). The van der Waals surface area contributed by atoms with Gasteiger partial charge in [0.15, 0.2) is 11.6 Å². The average molecular weight is 283 g/mol. The fourth-order valence-corrected chi connectivity index (χ4v) is 2.76. The molecule has 1 aromatic heterocycles. The van der Waals surface area contributed by atoms with Gasteiger partial charge in [0, 0.05) is 11.1 Å². The minimum atomic E-state index is -0.807. The Morgan fingerprint density at radius 3 is 2.62 bits per heavy atom. The molecular formula is C16H14FN3O. The smallest absolute Gasteiger partial charge is 0.181 e. The maximum atomic E-state index is 14.0. The summed E-state index contributed by atoms with van der Waals surface area (Å²) in [7, 11) is 0. The number of nitrogens with zero attached hydrogens (tertiary/aromatic N) is 2. The summed E-state index contributed by atoms with van der Waals surface area (Å²) >= 11 is 0. The number of aromatic hydroxyl groups is 1. The van der Waals surface area contributed by atoms with Gasteiger partial charge in [-0.15, -0.1) is 16.6 Å². The molecule has 5 heteroatoms. The van der Waals surface area contributed by atoms with E-state index in [0.717, 1.165) is 36.8 Å². The van der Waals surface area contributed by atoms with E-state index in [9.17, 15) is 9.50 Å². The van der Waals surface area contributed by atoms with Crippen LogP contribution in [0.1, 0.15) is 29.5 Å². The Kier molecular flexibility index (Phi) is 3.22. The lowest BCUT2D eigenvalue weighted by Gasteiger charge is -2.20. The second-order valence-corrected chi connectivity index (χ2v) is 5.07. The molecule has 0 amide bonds. The first-order valence-electron chi connectivity index (χ1n) is 6.75. The van der Waals surface area contributed by atoms with Crippen LogP contribution in [0.5, 0.6) is 5.75 Å². The fraction of sp³-hybridized carbons (Fsp3) is 0.250. The van der Waals surface area contributed by atoms with Crippen molar-refractivity contribution in [3.05, 3.63) is 34.6 Å². The van der Waals surface area contributed by atoms with Gasteiger partial charge in [-0.1, -0.05) is 5.92 Å². The first kappa shape index (κ1) is 13.4. The molecule has 0 bridgehead atoms. The molecule has 1 aromatic carbocycles. The molecule has 1 heterocycles. The first-order chi connectivity index (χ1) is 10.1. The van der Waals surface area contributed by atoms with Crippen LogP contribution in [0.4, 0.5) is 10.2 Å². The van der Waals surface area contributed by atoms with Crippen LogP contribution in [0, 0.1) is 18.2 Å². The van der Waals surface area contributed by atoms with Crippen LogP contribution in [0.2, 0.25) is 0 Å². The number of phenols is 1. The van der Waals surface area contributed by atoms with Crippen molar-refractivity contribution in [1.29, 1.82) is 0 Å². The van der Waals surface area contributed by atoms with E-state index in [4.69, 9.17) is 12.2 Å². The van der Waals surface area contributed by atoms with E-state index >= 15 is 0 Å². The van der Waals surface area contributed by atoms with Crippen molar-refractivity contribution in [3.63, 3.8) is 0 Å². The second kappa shape index (κ2) is 5.06. The third kappa shape index (κ3) is 2.09. The average Bonchev–Trinajstić information content (AvgIpc) is 2.51. The summed E-state index contributed by atoms with van der Waals surface area (Å²) in [5.41, 5.74) is 8.57. The van der Waals surface area contributed by atoms with Gasteiger partial charge in [0.2, 0.25) is 0 Å². The monoisotopic (exact) mass is 283 g/mol. The van der Waals surface area contributed by atoms with Crippen molar-refractivity contribution in [1.82, 2.24) is 10.2 Å². The summed E-state index contributed by atoms with van der Waals surface area (Å²) in [6.45, 7) is 0. The Labute approximate surface area is 121 Å². The maximum Gasteiger partial charge on any atom is 0.181 e. The van der Waals surface area contributed by atoms with Gasteiger partial charge >= 0.3 is 0 Å². The zero-order valence-corrected chi connectivity index (χ0v) is 11.4. The van der Waals surface area contributed by atoms with Gasteiger partial charge in [-0.05, 0) is 43.4 Å². The van der Waals surface area contributed by atoms with E-state index in [1.807, 2.05) is 0 Å². The normalized spacial score (nSPS) is 13.5. The third-order valence-electron chi connectivity index (χ3n) is 3.85. The van der Waals surface area contributed by atoms with Crippen LogP contribution >= 0.6 is 0 Å². The van der Waals surface area contributed by atoms with Crippen LogP contribution in [-0.4, -0.2) is 15.3 Å². The van der Waals surface area contributed by atoms with Crippen LogP contribution in [0.25, 0.3) is 11.3 Å². The quantitative estimate of drug-likeness (QED) is 0.788. The molecule has 4 nitrogen and oxygen atoms in total. The molecule has 0 saturated heterocycles. The second-order valence-electron chi connectivity index (χ2n) is 5.07. The molecule has 3 N–H and O–H groups in total. The SMILES string of the molecule is C#Cc1ccc(-c2nnc(N)c3c2CCCC3)c(O)c1F. The van der Waals surface area contributed by atoms with E-state index in [1.165, 1.54) is 6.07 Å². The van der Waals surface area contributed by atoms with E-state index in [-0.39, 0.29) is 5.56 Å². The Morgan fingerprint density at radius 2 is 1.90 bits per heavy atom. The summed E-state index contributed by atoms with van der Waals surface area (Å²) in [6, 6.07) is 3.03. The maximum absolute atomic E-state index is 14.0. The predicted octanol–water partition coefficient (Wildman–Crippen LogP) is 2.43. The van der Waals surface area contributed by atoms with Gasteiger partial charge in [-0.2, -0.15) is 0 Å². The number of hydrogen-bond acceptors (Lipinski definition) is 4. The minimum absolute atomic E-state index is 0.0218. The van der Waals surface area contributed by atoms with Gasteiger partial charge < -0.3 is 10.8 Å². The Bertz CT molecular complexity index is 765. The van der Waals surface area contributed by atoms with Gasteiger partial charge in [-0.25, -0.2) is 4.39 Å². The van der Waals surface area contributed by atoms with Crippen molar-refractivity contribution in [2.24, 2.45) is 0 Å². The van der Waals surface area contributed by atoms with Crippen molar-refractivity contribution in [2.45, 2.75) is 25.7 Å². The van der Waals surface area contributed by atoms with E-state index < -0.39 is 11.6 Å². The summed E-state index contributed by atoms with van der Waals surface area (Å²) < 4.78 is 14.0. The predicted molar refractivity (Wildman–Crippen MR) is 78.1 cm³/mol. The number of terminal acetylenes is 1. The fourth-order valence-electron chi connectivity index (χ4n) is 2.76. The summed E-state index contributed by atoms with van der Waals surface area (Å²) in [5, 5.41) is 18.1. The molecule has 0 radical (unpaired) electrons. The highest BCUT2D eigenvalue weighted by atomic mass is 19.1. The van der Waals surface area contributed by atoms with E-state index in [2.05, 4.69) is 16.1 Å². The lowest BCUT2D eigenvalue weighted by molar-refractivity contribution is 0.433. The molecule has 1 aliphatic rings. The Hall–Kier alpha value is -2.61. The number of aromatic nitrogens is 2. The number of benzene rings is 1. The number of anilines is 1. The largest absolute Gasteiger partial charge is 0.504 e. The highest BCUT2D eigenvalue weighted by Crippen LogP contribution is 2.37. The Balaban J connectivity index is 2.23. The Morgan fingerprint density at radius 1 is 1.19 bits per heavy atom. The van der Waals surface area contributed by atoms with Gasteiger partial charge in [0.1, 0.15) is 11.5 Å². The molecule has 21 heavy (non-hydrogen) atoms. The number of fused-ring (bicyclic) bond motifs is 1. The van der Waals surface area contributed by atoms with Crippen molar-refractivity contribution < 1.29 is 9.50 Å². The molecular weight excluding hydrogens is 269 g/mol. The van der Waals surface area contributed by atoms with Gasteiger partial charge in [0.25, 0.3) is 0 Å². The number of halogens is 1. The van der Waals surface area contributed by atoms with Crippen LogP contribution in [0.15, 0.2) is 12.1 Å². The standard InChI is InChI=1S/C16H14FN3O/c1-2-9-7-8-12(15(21)13(9)17)14-10-5-3-4-6-11(10)16(18)20-19-14/h1,7-8,21H,3-6H2,(H2,18,20). The van der Waals surface area contributed by atoms with Crippen molar-refractivity contribution in [2.75, 3.05) is 5.73 Å². The molecule has 106 valence electrons. The van der Waals surface area contributed by atoms with E-state index in [1.54, 1.807) is 6.07 Å². The van der Waals surface area contributed by atoms with Crippen LogP contribution < -0.4 is 5.73 Å². The van der Waals surface area contributed by atoms with Crippen molar-refractivity contribution >= 4 is 5.82 Å².